The fourth-order valence-electron chi connectivity index (χ4n) is 4.14. The topological polar surface area (TPSA) is 55.4 Å². The lowest BCUT2D eigenvalue weighted by Gasteiger charge is -2.32. The van der Waals surface area contributed by atoms with E-state index in [9.17, 15) is 0 Å². The second kappa shape index (κ2) is 7.25. The first kappa shape index (κ1) is 22.8. The third kappa shape index (κ3) is 3.87. The van der Waals surface area contributed by atoms with Gasteiger partial charge in [0.15, 0.2) is 23.0 Å². The molecular weight excluding hydrogens is 418 g/mol. The Morgan fingerprint density at radius 1 is 0.576 bits per heavy atom. The van der Waals surface area contributed by atoms with Crippen LogP contribution in [0.15, 0.2) is 36.4 Å². The van der Waals surface area contributed by atoms with Crippen molar-refractivity contribution >= 4 is 19.7 Å². The molecular formula is C25H32B2O6. The summed E-state index contributed by atoms with van der Waals surface area (Å²) in [6.45, 7) is 16.4. The molecule has 3 aliphatic rings. The predicted octanol–water partition coefficient (Wildman–Crippen LogP) is 5.06. The molecule has 5 rings (SSSR count). The largest absolute Gasteiger partial charge is 0.494 e. The minimum absolute atomic E-state index is 0.306. The SMILES string of the molecule is CC1(C)OB(Cc2ccc3c(c2)Oc2cc(B4OC(C)(C)C(C)(C)O4)ccc2O3)OC1(C)C. The summed E-state index contributed by atoms with van der Waals surface area (Å²) in [5.74, 6) is 2.66. The Labute approximate surface area is 197 Å². The minimum atomic E-state index is -0.458. The van der Waals surface area contributed by atoms with Gasteiger partial charge in [0.2, 0.25) is 0 Å². The van der Waals surface area contributed by atoms with Crippen LogP contribution >= 0.6 is 0 Å². The molecule has 3 aliphatic heterocycles. The molecule has 0 saturated carbocycles. The van der Waals surface area contributed by atoms with Crippen LogP contribution in [-0.2, 0) is 24.9 Å². The second-order valence-electron chi connectivity index (χ2n) is 11.2. The Morgan fingerprint density at radius 2 is 1.06 bits per heavy atom. The van der Waals surface area contributed by atoms with Gasteiger partial charge in [0, 0.05) is 6.32 Å². The molecule has 0 atom stereocenters. The van der Waals surface area contributed by atoms with Crippen molar-refractivity contribution in [3.63, 3.8) is 0 Å². The summed E-state index contributed by atoms with van der Waals surface area (Å²) in [6.07, 6.45) is 0.629. The smallest absolute Gasteiger partial charge is 0.450 e. The van der Waals surface area contributed by atoms with Crippen molar-refractivity contribution < 1.29 is 28.1 Å². The van der Waals surface area contributed by atoms with Crippen LogP contribution in [0, 0.1) is 0 Å². The molecule has 0 aromatic heterocycles. The summed E-state index contributed by atoms with van der Waals surface area (Å²) < 4.78 is 37.0. The van der Waals surface area contributed by atoms with Gasteiger partial charge in [-0.1, -0.05) is 12.1 Å². The van der Waals surface area contributed by atoms with E-state index in [0.29, 0.717) is 29.3 Å². The first-order valence-electron chi connectivity index (χ1n) is 11.6. The molecule has 3 heterocycles. The van der Waals surface area contributed by atoms with Crippen LogP contribution < -0.4 is 14.9 Å². The molecule has 33 heavy (non-hydrogen) atoms. The minimum Gasteiger partial charge on any atom is -0.450 e. The van der Waals surface area contributed by atoms with Gasteiger partial charge in [0.25, 0.3) is 0 Å². The molecule has 2 aromatic rings. The molecule has 0 bridgehead atoms. The van der Waals surface area contributed by atoms with Gasteiger partial charge in [-0.25, -0.2) is 0 Å². The molecule has 0 N–H and O–H groups in total. The van der Waals surface area contributed by atoms with Crippen molar-refractivity contribution in [3.05, 3.63) is 42.0 Å². The van der Waals surface area contributed by atoms with Crippen LogP contribution in [0.3, 0.4) is 0 Å². The third-order valence-electron chi connectivity index (χ3n) is 7.65. The molecule has 0 aliphatic carbocycles. The Hall–Kier alpha value is -1.99. The maximum absolute atomic E-state index is 6.25. The highest BCUT2D eigenvalue weighted by atomic mass is 16.7. The van der Waals surface area contributed by atoms with Crippen molar-refractivity contribution in [2.45, 2.75) is 84.1 Å². The Balaban J connectivity index is 1.34. The zero-order valence-electron chi connectivity index (χ0n) is 20.8. The van der Waals surface area contributed by atoms with Gasteiger partial charge in [0.05, 0.1) is 22.4 Å². The summed E-state index contributed by atoms with van der Waals surface area (Å²) in [7, 11) is -0.764. The van der Waals surface area contributed by atoms with Gasteiger partial charge in [-0.15, -0.1) is 0 Å². The third-order valence-corrected chi connectivity index (χ3v) is 7.65. The fourth-order valence-corrected chi connectivity index (χ4v) is 4.14. The summed E-state index contributed by atoms with van der Waals surface area (Å²) in [5.41, 5.74) is 0.442. The quantitative estimate of drug-likeness (QED) is 0.521. The normalized spacial score (nSPS) is 23.5. The Kier molecular flexibility index (Phi) is 5.01. The maximum Gasteiger partial charge on any atom is 0.494 e. The zero-order chi connectivity index (χ0) is 23.8. The van der Waals surface area contributed by atoms with Crippen molar-refractivity contribution in [2.24, 2.45) is 0 Å². The fraction of sp³-hybridized carbons (Fsp3) is 0.520. The molecule has 0 radical (unpaired) electrons. The van der Waals surface area contributed by atoms with Crippen LogP contribution in [0.2, 0.25) is 0 Å². The molecule has 0 spiro atoms. The van der Waals surface area contributed by atoms with Crippen molar-refractivity contribution in [1.82, 2.24) is 0 Å². The van der Waals surface area contributed by atoms with Crippen LogP contribution in [0.5, 0.6) is 23.0 Å². The molecule has 6 nitrogen and oxygen atoms in total. The van der Waals surface area contributed by atoms with Crippen molar-refractivity contribution in [3.8, 4) is 23.0 Å². The van der Waals surface area contributed by atoms with E-state index in [1.54, 1.807) is 0 Å². The first-order valence-corrected chi connectivity index (χ1v) is 11.6. The molecule has 0 amide bonds. The van der Waals surface area contributed by atoms with Gasteiger partial charge in [0.1, 0.15) is 0 Å². The van der Waals surface area contributed by atoms with Crippen LogP contribution in [0.1, 0.15) is 61.0 Å². The van der Waals surface area contributed by atoms with E-state index >= 15 is 0 Å². The average Bonchev–Trinajstić information content (AvgIpc) is 3.04. The Morgan fingerprint density at radius 3 is 1.67 bits per heavy atom. The number of hydrogen-bond acceptors (Lipinski definition) is 6. The standard InChI is InChI=1S/C25H32B2O6/c1-22(2)23(3,4)31-26(30-22)15-16-9-11-18-20(13-16)29-21-14-17(10-12-19(21)28-18)27-32-24(5,6)25(7,8)33-27/h9-14H,15H2,1-8H3. The van der Waals surface area contributed by atoms with E-state index in [-0.39, 0.29) is 18.3 Å². The van der Waals surface area contributed by atoms with Crippen LogP contribution in [0.25, 0.3) is 0 Å². The average molecular weight is 450 g/mol. The summed E-state index contributed by atoms with van der Waals surface area (Å²) in [6, 6.07) is 11.7. The number of hydrogen-bond donors (Lipinski definition) is 0. The molecule has 2 saturated heterocycles. The monoisotopic (exact) mass is 450 g/mol. The van der Waals surface area contributed by atoms with Gasteiger partial charge >= 0.3 is 14.2 Å². The Bertz CT molecular complexity index is 1060. The number of rotatable bonds is 3. The van der Waals surface area contributed by atoms with Gasteiger partial charge in [-0.2, -0.15) is 0 Å². The van der Waals surface area contributed by atoms with Crippen LogP contribution in [0.4, 0.5) is 0 Å². The molecule has 174 valence electrons. The van der Waals surface area contributed by atoms with E-state index in [1.165, 1.54) is 0 Å². The lowest BCUT2D eigenvalue weighted by atomic mass is 9.79. The second-order valence-corrected chi connectivity index (χ2v) is 11.2. The molecule has 8 heteroatoms. The van der Waals surface area contributed by atoms with E-state index in [0.717, 1.165) is 11.0 Å². The zero-order valence-corrected chi connectivity index (χ0v) is 20.8. The maximum atomic E-state index is 6.25. The molecule has 2 fully saturated rings. The number of fused-ring (bicyclic) bond motifs is 2. The van der Waals surface area contributed by atoms with Crippen LogP contribution in [-0.4, -0.2) is 36.6 Å². The molecule has 2 aromatic carbocycles. The van der Waals surface area contributed by atoms with Gasteiger partial charge in [-0.3, -0.25) is 0 Å². The highest BCUT2D eigenvalue weighted by molar-refractivity contribution is 6.62. The predicted molar refractivity (Wildman–Crippen MR) is 129 cm³/mol. The summed E-state index contributed by atoms with van der Waals surface area (Å²) >= 11 is 0. The van der Waals surface area contributed by atoms with E-state index in [1.807, 2.05) is 64.1 Å². The highest BCUT2D eigenvalue weighted by Gasteiger charge is 2.52. The highest BCUT2D eigenvalue weighted by Crippen LogP contribution is 2.46. The van der Waals surface area contributed by atoms with Crippen molar-refractivity contribution in [1.29, 1.82) is 0 Å². The number of benzene rings is 2. The van der Waals surface area contributed by atoms with E-state index < -0.39 is 18.3 Å². The van der Waals surface area contributed by atoms with Gasteiger partial charge in [-0.05, 0) is 90.7 Å². The number of ether oxygens (including phenoxy) is 2. The van der Waals surface area contributed by atoms with Gasteiger partial charge < -0.3 is 28.1 Å². The van der Waals surface area contributed by atoms with E-state index in [2.05, 4.69) is 27.7 Å². The first-order chi connectivity index (χ1) is 15.3. The van der Waals surface area contributed by atoms with E-state index in [4.69, 9.17) is 28.1 Å². The molecule has 0 unspecified atom stereocenters. The van der Waals surface area contributed by atoms with Crippen molar-refractivity contribution in [2.75, 3.05) is 0 Å². The summed E-state index contributed by atoms with van der Waals surface area (Å²) in [5, 5.41) is 0. The summed E-state index contributed by atoms with van der Waals surface area (Å²) in [4.78, 5) is 0. The lowest BCUT2D eigenvalue weighted by Crippen LogP contribution is -2.41. The lowest BCUT2D eigenvalue weighted by molar-refractivity contribution is 0.00578.